The molecule has 0 saturated heterocycles. The van der Waals surface area contributed by atoms with Crippen LogP contribution in [0, 0.1) is 11.8 Å². The molecule has 0 bridgehead atoms. The van der Waals surface area contributed by atoms with Gasteiger partial charge in [0.15, 0.2) is 0 Å². The average Bonchev–Trinajstić information content (AvgIpc) is 2.95. The molecule has 0 radical (unpaired) electrons. The molecular formula is C36H60O2Si. The summed E-state index contributed by atoms with van der Waals surface area (Å²) in [7, 11) is -2.84. The zero-order valence-electron chi connectivity index (χ0n) is 26.1. The summed E-state index contributed by atoms with van der Waals surface area (Å²) < 4.78 is 14.1. The first-order chi connectivity index (χ1) is 19.0. The molecule has 0 heterocycles. The second-order valence-electron chi connectivity index (χ2n) is 12.2. The smallest absolute Gasteiger partial charge is 0.388 e. The van der Waals surface area contributed by atoms with Crippen molar-refractivity contribution >= 4 is 18.9 Å². The van der Waals surface area contributed by atoms with E-state index in [2.05, 4.69) is 95.3 Å². The fraction of sp³-hybridized carbons (Fsp3) is 0.667. The van der Waals surface area contributed by atoms with Gasteiger partial charge in [-0.3, -0.25) is 0 Å². The van der Waals surface area contributed by atoms with E-state index < -0.39 is 8.56 Å². The van der Waals surface area contributed by atoms with Crippen LogP contribution in [-0.4, -0.2) is 21.3 Å². The largest absolute Gasteiger partial charge is 0.407 e. The molecule has 0 aliphatic rings. The quantitative estimate of drug-likeness (QED) is 0.101. The van der Waals surface area contributed by atoms with Crippen LogP contribution < -0.4 is 10.4 Å². The number of hydrogen-bond acceptors (Lipinski definition) is 2. The zero-order chi connectivity index (χ0) is 28.2. The number of unbranched alkanes of at least 4 members (excludes halogenated alkanes) is 14. The molecule has 2 rings (SSSR count). The molecule has 0 N–H and O–H groups in total. The highest BCUT2D eigenvalue weighted by atomic mass is 28.4. The molecule has 2 aromatic carbocycles. The number of benzene rings is 2. The summed E-state index contributed by atoms with van der Waals surface area (Å²) in [4.78, 5) is 0. The normalized spacial score (nSPS) is 12.2. The van der Waals surface area contributed by atoms with Gasteiger partial charge >= 0.3 is 8.56 Å². The third kappa shape index (κ3) is 12.7. The van der Waals surface area contributed by atoms with Gasteiger partial charge in [0.05, 0.1) is 6.10 Å². The van der Waals surface area contributed by atoms with Gasteiger partial charge in [0.2, 0.25) is 0 Å². The predicted octanol–water partition coefficient (Wildman–Crippen LogP) is 9.83. The standard InChI is InChI=1S/C36H60O2Si/c1-6-7-8-9-10-11-12-13-14-15-16-17-18-19-26-31-37-39(34-27-22-20-23-28-34,35-29-24-21-25-30-35)38-36(32(2)3)33(4)5/h20-25,27-30,32-33,36H,6-19,26,31H2,1-5H3. The lowest BCUT2D eigenvalue weighted by atomic mass is 9.97. The molecule has 0 amide bonds. The number of hydrogen-bond donors (Lipinski definition) is 0. The predicted molar refractivity (Wildman–Crippen MR) is 173 cm³/mol. The van der Waals surface area contributed by atoms with Gasteiger partial charge in [-0.15, -0.1) is 0 Å². The van der Waals surface area contributed by atoms with Gasteiger partial charge in [-0.1, -0.05) is 185 Å². The third-order valence-electron chi connectivity index (χ3n) is 7.98. The molecule has 0 aliphatic heterocycles. The summed E-state index contributed by atoms with van der Waals surface area (Å²) >= 11 is 0. The van der Waals surface area contributed by atoms with Crippen LogP contribution in [0.2, 0.25) is 0 Å². The van der Waals surface area contributed by atoms with Crippen molar-refractivity contribution in [2.24, 2.45) is 11.8 Å². The van der Waals surface area contributed by atoms with Crippen molar-refractivity contribution in [3.8, 4) is 0 Å². The van der Waals surface area contributed by atoms with Crippen molar-refractivity contribution in [3.05, 3.63) is 60.7 Å². The van der Waals surface area contributed by atoms with E-state index in [0.717, 1.165) is 13.0 Å². The van der Waals surface area contributed by atoms with E-state index in [1.807, 2.05) is 0 Å². The number of rotatable bonds is 23. The van der Waals surface area contributed by atoms with Gasteiger partial charge < -0.3 is 8.85 Å². The van der Waals surface area contributed by atoms with Crippen molar-refractivity contribution in [1.29, 1.82) is 0 Å². The van der Waals surface area contributed by atoms with Gasteiger partial charge in [0.25, 0.3) is 0 Å². The van der Waals surface area contributed by atoms with E-state index in [0.29, 0.717) is 11.8 Å². The Balaban J connectivity index is 1.82. The van der Waals surface area contributed by atoms with Crippen LogP contribution in [0.1, 0.15) is 131 Å². The summed E-state index contributed by atoms with van der Waals surface area (Å²) in [5.74, 6) is 0.859. The minimum Gasteiger partial charge on any atom is -0.388 e. The minimum absolute atomic E-state index is 0.151. The van der Waals surface area contributed by atoms with Gasteiger partial charge in [-0.2, -0.15) is 0 Å². The van der Waals surface area contributed by atoms with E-state index >= 15 is 0 Å². The molecule has 0 aliphatic carbocycles. The molecule has 2 aromatic rings. The molecule has 2 nitrogen and oxygen atoms in total. The fourth-order valence-electron chi connectivity index (χ4n) is 5.74. The van der Waals surface area contributed by atoms with Crippen molar-refractivity contribution in [2.75, 3.05) is 6.61 Å². The fourth-order valence-corrected chi connectivity index (χ4v) is 9.37. The Labute approximate surface area is 243 Å². The SMILES string of the molecule is CCCCCCCCCCCCCCCCCO[Si](OC(C(C)C)C(C)C)(c1ccccc1)c1ccccc1. The van der Waals surface area contributed by atoms with Crippen molar-refractivity contribution in [3.63, 3.8) is 0 Å². The lowest BCUT2D eigenvalue weighted by molar-refractivity contribution is 0.0630. The summed E-state index contributed by atoms with van der Waals surface area (Å²) in [5.41, 5.74) is 0. The Morgan fingerprint density at radius 3 is 1.23 bits per heavy atom. The molecule has 0 spiro atoms. The Hall–Kier alpha value is -1.42. The second-order valence-corrected chi connectivity index (χ2v) is 15.1. The third-order valence-corrected chi connectivity index (χ3v) is 11.4. The highest BCUT2D eigenvalue weighted by Gasteiger charge is 2.45. The molecule has 3 heteroatoms. The highest BCUT2D eigenvalue weighted by molar-refractivity contribution is 6.92. The Morgan fingerprint density at radius 2 is 0.872 bits per heavy atom. The molecule has 0 unspecified atom stereocenters. The van der Waals surface area contributed by atoms with E-state index in [1.54, 1.807) is 0 Å². The summed E-state index contributed by atoms with van der Waals surface area (Å²) in [6.07, 6.45) is 20.8. The topological polar surface area (TPSA) is 18.5 Å². The molecule has 0 atom stereocenters. The van der Waals surface area contributed by atoms with E-state index in [1.165, 1.54) is 100 Å². The average molecular weight is 553 g/mol. The lowest BCUT2D eigenvalue weighted by Gasteiger charge is -2.38. The maximum Gasteiger partial charge on any atom is 0.407 e. The first-order valence-electron chi connectivity index (χ1n) is 16.4. The zero-order valence-corrected chi connectivity index (χ0v) is 27.1. The van der Waals surface area contributed by atoms with Crippen LogP contribution in [-0.2, 0) is 8.85 Å². The minimum atomic E-state index is -2.84. The highest BCUT2D eigenvalue weighted by Crippen LogP contribution is 2.23. The molecular weight excluding hydrogens is 492 g/mol. The first-order valence-corrected chi connectivity index (χ1v) is 18.3. The molecule has 39 heavy (non-hydrogen) atoms. The Bertz CT molecular complexity index is 773. The van der Waals surface area contributed by atoms with Gasteiger partial charge in [-0.05, 0) is 28.6 Å². The van der Waals surface area contributed by atoms with E-state index in [9.17, 15) is 0 Å². The first kappa shape index (κ1) is 33.8. The lowest BCUT2D eigenvalue weighted by Crippen LogP contribution is -2.65. The van der Waals surface area contributed by atoms with Gasteiger partial charge in [0.1, 0.15) is 0 Å². The Kier molecular flexibility index (Phi) is 17.7. The van der Waals surface area contributed by atoms with Crippen molar-refractivity contribution in [1.82, 2.24) is 0 Å². The van der Waals surface area contributed by atoms with Crippen LogP contribution in [0.3, 0.4) is 0 Å². The molecule has 0 saturated carbocycles. The monoisotopic (exact) mass is 552 g/mol. The Morgan fingerprint density at radius 1 is 0.513 bits per heavy atom. The van der Waals surface area contributed by atoms with E-state index in [4.69, 9.17) is 8.85 Å². The summed E-state index contributed by atoms with van der Waals surface area (Å²) in [5, 5.41) is 2.42. The maximum absolute atomic E-state index is 7.17. The summed E-state index contributed by atoms with van der Waals surface area (Å²) in [6, 6.07) is 21.5. The van der Waals surface area contributed by atoms with Crippen LogP contribution in [0.5, 0.6) is 0 Å². The van der Waals surface area contributed by atoms with Crippen LogP contribution in [0.25, 0.3) is 0 Å². The van der Waals surface area contributed by atoms with Gasteiger partial charge in [0, 0.05) is 6.61 Å². The van der Waals surface area contributed by atoms with Gasteiger partial charge in [-0.25, -0.2) is 0 Å². The van der Waals surface area contributed by atoms with Crippen molar-refractivity contribution < 1.29 is 8.85 Å². The summed E-state index contributed by atoms with van der Waals surface area (Å²) in [6.45, 7) is 12.1. The van der Waals surface area contributed by atoms with Crippen molar-refractivity contribution in [2.45, 2.75) is 137 Å². The van der Waals surface area contributed by atoms with Crippen LogP contribution in [0.4, 0.5) is 0 Å². The molecule has 220 valence electrons. The van der Waals surface area contributed by atoms with Crippen LogP contribution >= 0.6 is 0 Å². The molecule has 0 aromatic heterocycles. The second kappa shape index (κ2) is 20.5. The van der Waals surface area contributed by atoms with E-state index in [-0.39, 0.29) is 6.10 Å². The maximum atomic E-state index is 7.17. The van der Waals surface area contributed by atoms with Crippen LogP contribution in [0.15, 0.2) is 60.7 Å². The molecule has 0 fully saturated rings.